The quantitative estimate of drug-likeness (QED) is 0.323. The van der Waals surface area contributed by atoms with Crippen molar-refractivity contribution in [2.75, 3.05) is 19.8 Å². The fourth-order valence-corrected chi connectivity index (χ4v) is 4.00. The summed E-state index contributed by atoms with van der Waals surface area (Å²) < 4.78 is 77.7. The second-order valence-electron chi connectivity index (χ2n) is 8.69. The normalized spacial score (nSPS) is 30.7. The Labute approximate surface area is 179 Å². The van der Waals surface area contributed by atoms with Crippen molar-refractivity contribution in [1.29, 1.82) is 0 Å². The standard InChI is InChI=1S/C19H28F2O9S/c1-5-18(14(22)27-9-13-10-29-16(2,3)30-13)8-6-7-17(4,11-18)12-28-15(23)19(20,21)31(24,25)26/h6-7,13H,5,8-12H2,1-4H3,(H,24,25,26). The van der Waals surface area contributed by atoms with Gasteiger partial charge in [0.15, 0.2) is 5.79 Å². The molecule has 178 valence electrons. The molecule has 0 aromatic heterocycles. The molecule has 0 aromatic rings. The van der Waals surface area contributed by atoms with Crippen molar-refractivity contribution in [3.05, 3.63) is 12.2 Å². The molecule has 3 unspecified atom stereocenters. The number of carbonyl (C=O) groups is 2. The highest BCUT2D eigenvalue weighted by atomic mass is 32.2. The van der Waals surface area contributed by atoms with E-state index in [1.54, 1.807) is 39.8 Å². The maximum atomic E-state index is 13.4. The molecule has 1 fully saturated rings. The fourth-order valence-electron chi connectivity index (χ4n) is 3.73. The molecule has 0 aromatic carbocycles. The largest absolute Gasteiger partial charge is 0.465 e. The van der Waals surface area contributed by atoms with E-state index >= 15 is 0 Å². The third-order valence-electron chi connectivity index (χ3n) is 5.44. The number of allylic oxidation sites excluding steroid dienone is 1. The molecule has 3 atom stereocenters. The van der Waals surface area contributed by atoms with Gasteiger partial charge in [-0.2, -0.15) is 17.2 Å². The van der Waals surface area contributed by atoms with Gasteiger partial charge in [0.1, 0.15) is 19.3 Å². The second-order valence-corrected chi connectivity index (χ2v) is 10.2. The molecule has 0 radical (unpaired) electrons. The number of carbonyl (C=O) groups excluding carboxylic acids is 2. The van der Waals surface area contributed by atoms with Gasteiger partial charge < -0.3 is 18.9 Å². The molecular weight excluding hydrogens is 442 g/mol. The van der Waals surface area contributed by atoms with Crippen molar-refractivity contribution < 1.29 is 50.3 Å². The Morgan fingerprint density at radius 1 is 1.26 bits per heavy atom. The Morgan fingerprint density at radius 2 is 1.90 bits per heavy atom. The molecular formula is C19H28F2O9S. The summed E-state index contributed by atoms with van der Waals surface area (Å²) in [5, 5.41) is -5.08. The SMILES string of the molecule is CCC1(C(=O)OCC2COC(C)(C)O2)CC=CC(C)(COC(=O)C(F)(F)S(=O)(=O)O)C1. The Morgan fingerprint density at radius 3 is 2.42 bits per heavy atom. The van der Waals surface area contributed by atoms with E-state index in [0.717, 1.165) is 0 Å². The molecule has 31 heavy (non-hydrogen) atoms. The van der Waals surface area contributed by atoms with Crippen LogP contribution in [-0.4, -0.2) is 61.9 Å². The van der Waals surface area contributed by atoms with Crippen LogP contribution in [0.4, 0.5) is 8.78 Å². The molecule has 0 saturated carbocycles. The topological polar surface area (TPSA) is 125 Å². The third kappa shape index (κ3) is 5.79. The van der Waals surface area contributed by atoms with Crippen LogP contribution in [0, 0.1) is 10.8 Å². The molecule has 0 amide bonds. The summed E-state index contributed by atoms with van der Waals surface area (Å²) in [6, 6.07) is 0. The number of esters is 2. The van der Waals surface area contributed by atoms with Crippen molar-refractivity contribution in [2.24, 2.45) is 10.8 Å². The first-order valence-corrected chi connectivity index (χ1v) is 11.2. The highest BCUT2D eigenvalue weighted by Gasteiger charge is 2.55. The smallest absolute Gasteiger partial charge is 0.462 e. The minimum absolute atomic E-state index is 0.0139. The minimum Gasteiger partial charge on any atom is -0.462 e. The van der Waals surface area contributed by atoms with Crippen molar-refractivity contribution in [3.63, 3.8) is 0 Å². The highest BCUT2D eigenvalue weighted by Crippen LogP contribution is 2.46. The molecule has 9 nitrogen and oxygen atoms in total. The zero-order valence-corrected chi connectivity index (χ0v) is 18.7. The van der Waals surface area contributed by atoms with Crippen LogP contribution in [0.2, 0.25) is 0 Å². The zero-order chi connectivity index (χ0) is 23.7. The number of ether oxygens (including phenoxy) is 4. The predicted molar refractivity (Wildman–Crippen MR) is 103 cm³/mol. The Hall–Kier alpha value is -1.63. The summed E-state index contributed by atoms with van der Waals surface area (Å²) in [6.07, 6.45) is 3.69. The van der Waals surface area contributed by atoms with Crippen LogP contribution < -0.4 is 0 Å². The van der Waals surface area contributed by atoms with Gasteiger partial charge in [-0.05, 0) is 33.1 Å². The highest BCUT2D eigenvalue weighted by molar-refractivity contribution is 7.87. The average Bonchev–Trinajstić information content (AvgIpc) is 3.01. The van der Waals surface area contributed by atoms with Crippen LogP contribution in [0.25, 0.3) is 0 Å². The fraction of sp³-hybridized carbons (Fsp3) is 0.789. The maximum Gasteiger partial charge on any atom is 0.465 e. The summed E-state index contributed by atoms with van der Waals surface area (Å²) in [4.78, 5) is 24.4. The molecule has 2 rings (SSSR count). The molecule has 0 bridgehead atoms. The van der Waals surface area contributed by atoms with Gasteiger partial charge in [-0.1, -0.05) is 26.0 Å². The number of hydrogen-bond donors (Lipinski definition) is 1. The van der Waals surface area contributed by atoms with Crippen molar-refractivity contribution in [1.82, 2.24) is 0 Å². The molecule has 1 aliphatic heterocycles. The van der Waals surface area contributed by atoms with E-state index in [2.05, 4.69) is 4.74 Å². The lowest BCUT2D eigenvalue weighted by Gasteiger charge is -2.40. The van der Waals surface area contributed by atoms with Crippen molar-refractivity contribution >= 4 is 22.1 Å². The summed E-state index contributed by atoms with van der Waals surface area (Å²) >= 11 is 0. The van der Waals surface area contributed by atoms with Gasteiger partial charge in [0.05, 0.1) is 12.0 Å². The first kappa shape index (κ1) is 25.6. The monoisotopic (exact) mass is 470 g/mol. The van der Waals surface area contributed by atoms with E-state index in [1.807, 2.05) is 0 Å². The van der Waals surface area contributed by atoms with E-state index in [1.165, 1.54) is 0 Å². The number of halogens is 2. The molecule has 1 heterocycles. The first-order chi connectivity index (χ1) is 14.1. The first-order valence-electron chi connectivity index (χ1n) is 9.75. The molecule has 0 spiro atoms. The summed E-state index contributed by atoms with van der Waals surface area (Å²) in [5.41, 5.74) is -2.02. The Balaban J connectivity index is 2.03. The van der Waals surface area contributed by atoms with Gasteiger partial charge >= 0.3 is 27.3 Å². The van der Waals surface area contributed by atoms with Gasteiger partial charge in [-0.3, -0.25) is 9.35 Å². The minimum atomic E-state index is -5.96. The van der Waals surface area contributed by atoms with Crippen LogP contribution in [0.1, 0.15) is 47.0 Å². The second kappa shape index (κ2) is 8.72. The molecule has 2 aliphatic rings. The zero-order valence-electron chi connectivity index (χ0n) is 17.9. The maximum absolute atomic E-state index is 13.4. The van der Waals surface area contributed by atoms with E-state index in [-0.39, 0.29) is 19.6 Å². The van der Waals surface area contributed by atoms with E-state index < -0.39 is 56.6 Å². The van der Waals surface area contributed by atoms with E-state index in [9.17, 15) is 26.8 Å². The van der Waals surface area contributed by atoms with E-state index in [4.69, 9.17) is 18.8 Å². The van der Waals surface area contributed by atoms with E-state index in [0.29, 0.717) is 12.8 Å². The van der Waals surface area contributed by atoms with Gasteiger partial charge in [-0.15, -0.1) is 0 Å². The van der Waals surface area contributed by atoms with Crippen LogP contribution >= 0.6 is 0 Å². The van der Waals surface area contributed by atoms with Gasteiger partial charge in [0, 0.05) is 5.41 Å². The van der Waals surface area contributed by atoms with Gasteiger partial charge in [0.2, 0.25) is 0 Å². The summed E-state index contributed by atoms with van der Waals surface area (Å²) in [6.45, 7) is 6.48. The van der Waals surface area contributed by atoms with Crippen molar-refractivity contribution in [3.8, 4) is 0 Å². The summed E-state index contributed by atoms with van der Waals surface area (Å²) in [5.74, 6) is -3.66. The molecule has 1 saturated heterocycles. The third-order valence-corrected chi connectivity index (χ3v) is 6.26. The average molecular weight is 470 g/mol. The van der Waals surface area contributed by atoms with Gasteiger partial charge in [0.25, 0.3) is 0 Å². The van der Waals surface area contributed by atoms with Crippen LogP contribution in [0.3, 0.4) is 0 Å². The predicted octanol–water partition coefficient (Wildman–Crippen LogP) is 2.46. The number of rotatable bonds is 8. The van der Waals surface area contributed by atoms with Crippen LogP contribution in [-0.2, 0) is 38.7 Å². The lowest BCUT2D eigenvalue weighted by Crippen LogP contribution is -2.44. The Bertz CT molecular complexity index is 839. The molecule has 12 heteroatoms. The lowest BCUT2D eigenvalue weighted by atomic mass is 9.65. The number of alkyl halides is 2. The Kier molecular flexibility index (Phi) is 7.21. The van der Waals surface area contributed by atoms with Crippen molar-refractivity contribution in [2.45, 2.75) is 64.1 Å². The van der Waals surface area contributed by atoms with Gasteiger partial charge in [-0.25, -0.2) is 4.79 Å². The lowest BCUT2D eigenvalue weighted by molar-refractivity contribution is -0.171. The molecule has 1 N–H and O–H groups in total. The summed E-state index contributed by atoms with van der Waals surface area (Å²) in [7, 11) is -5.96. The van der Waals surface area contributed by atoms with Crippen LogP contribution in [0.5, 0.6) is 0 Å². The molecule has 1 aliphatic carbocycles. The number of hydrogen-bond acceptors (Lipinski definition) is 8. The van der Waals surface area contributed by atoms with Crippen LogP contribution in [0.15, 0.2) is 12.2 Å².